The molecule has 0 atom stereocenters. The molecule has 5 aromatic rings. The molecule has 29 heavy (non-hydrogen) atoms. The van der Waals surface area contributed by atoms with Crippen molar-refractivity contribution in [3.05, 3.63) is 114 Å². The SMILES string of the molecule is O=C(Nc1c(Cc2ccccc2)nc2ccccn12)c1ccc2ccccc2c1. The minimum absolute atomic E-state index is 0.143. The molecule has 5 rings (SSSR count). The summed E-state index contributed by atoms with van der Waals surface area (Å²) >= 11 is 0. The van der Waals surface area contributed by atoms with E-state index >= 15 is 0 Å². The first kappa shape index (κ1) is 17.2. The van der Waals surface area contributed by atoms with E-state index in [9.17, 15) is 4.79 Å². The first-order chi connectivity index (χ1) is 14.3. The third kappa shape index (κ3) is 3.36. The van der Waals surface area contributed by atoms with Gasteiger partial charge in [-0.1, -0.05) is 66.7 Å². The fraction of sp³-hybridized carbons (Fsp3) is 0.0400. The van der Waals surface area contributed by atoms with Gasteiger partial charge in [-0.25, -0.2) is 4.98 Å². The van der Waals surface area contributed by atoms with E-state index in [-0.39, 0.29) is 5.91 Å². The molecule has 3 aromatic carbocycles. The molecule has 0 aliphatic carbocycles. The monoisotopic (exact) mass is 377 g/mol. The highest BCUT2D eigenvalue weighted by Gasteiger charge is 2.16. The second-order valence-corrected chi connectivity index (χ2v) is 7.01. The molecule has 0 fully saturated rings. The Hall–Kier alpha value is -3.92. The van der Waals surface area contributed by atoms with E-state index in [2.05, 4.69) is 17.4 Å². The fourth-order valence-electron chi connectivity index (χ4n) is 3.60. The Morgan fingerprint density at radius 1 is 0.828 bits per heavy atom. The molecule has 0 saturated carbocycles. The maximum absolute atomic E-state index is 13.1. The minimum atomic E-state index is -0.143. The first-order valence-electron chi connectivity index (χ1n) is 9.58. The zero-order valence-electron chi connectivity index (χ0n) is 15.7. The van der Waals surface area contributed by atoms with Crippen molar-refractivity contribution in [2.75, 3.05) is 5.32 Å². The molecule has 4 nitrogen and oxygen atoms in total. The molecule has 140 valence electrons. The predicted molar refractivity (Wildman–Crippen MR) is 116 cm³/mol. The van der Waals surface area contributed by atoms with Crippen molar-refractivity contribution in [1.82, 2.24) is 9.38 Å². The van der Waals surface area contributed by atoms with Crippen LogP contribution in [-0.4, -0.2) is 15.3 Å². The van der Waals surface area contributed by atoms with Gasteiger partial charge in [0, 0.05) is 18.2 Å². The van der Waals surface area contributed by atoms with E-state index in [1.54, 1.807) is 0 Å². The van der Waals surface area contributed by atoms with Gasteiger partial charge in [-0.15, -0.1) is 0 Å². The molecule has 0 saturated heterocycles. The van der Waals surface area contributed by atoms with Gasteiger partial charge in [-0.05, 0) is 40.6 Å². The van der Waals surface area contributed by atoms with Gasteiger partial charge in [-0.3, -0.25) is 9.20 Å². The molecular weight excluding hydrogens is 358 g/mol. The molecule has 0 spiro atoms. The van der Waals surface area contributed by atoms with Crippen LogP contribution in [-0.2, 0) is 6.42 Å². The highest BCUT2D eigenvalue weighted by molar-refractivity contribution is 6.06. The Bertz CT molecular complexity index is 1320. The summed E-state index contributed by atoms with van der Waals surface area (Å²) < 4.78 is 1.93. The standard InChI is InChI=1S/C25H19N3O/c29-25(21-14-13-19-10-4-5-11-20(19)17-21)27-24-22(16-18-8-2-1-3-9-18)26-23-12-6-7-15-28(23)24/h1-15,17H,16H2,(H,27,29). The van der Waals surface area contributed by atoms with E-state index in [4.69, 9.17) is 4.98 Å². The number of pyridine rings is 1. The highest BCUT2D eigenvalue weighted by atomic mass is 16.1. The van der Waals surface area contributed by atoms with Crippen molar-refractivity contribution >= 4 is 28.1 Å². The minimum Gasteiger partial charge on any atom is -0.306 e. The van der Waals surface area contributed by atoms with Gasteiger partial charge < -0.3 is 5.32 Å². The Morgan fingerprint density at radius 2 is 1.59 bits per heavy atom. The van der Waals surface area contributed by atoms with Gasteiger partial charge in [0.1, 0.15) is 11.5 Å². The molecule has 0 aliphatic rings. The fourth-order valence-corrected chi connectivity index (χ4v) is 3.60. The number of amides is 1. The highest BCUT2D eigenvalue weighted by Crippen LogP contribution is 2.23. The molecule has 2 aromatic heterocycles. The van der Waals surface area contributed by atoms with Crippen LogP contribution in [0.25, 0.3) is 16.4 Å². The van der Waals surface area contributed by atoms with Crippen LogP contribution in [0, 0.1) is 0 Å². The summed E-state index contributed by atoms with van der Waals surface area (Å²) in [5.41, 5.74) is 3.43. The first-order valence-corrected chi connectivity index (χ1v) is 9.58. The average Bonchev–Trinajstić information content (AvgIpc) is 3.11. The largest absolute Gasteiger partial charge is 0.306 e. The number of nitrogens with zero attached hydrogens (tertiary/aromatic N) is 2. The summed E-state index contributed by atoms with van der Waals surface area (Å²) in [7, 11) is 0. The smallest absolute Gasteiger partial charge is 0.256 e. The van der Waals surface area contributed by atoms with E-state index in [0.717, 1.165) is 27.7 Å². The second-order valence-electron chi connectivity index (χ2n) is 7.01. The number of carbonyl (C=O) groups is 1. The van der Waals surface area contributed by atoms with Crippen LogP contribution in [0.2, 0.25) is 0 Å². The average molecular weight is 377 g/mol. The van der Waals surface area contributed by atoms with E-state index in [1.165, 1.54) is 0 Å². The van der Waals surface area contributed by atoms with E-state index < -0.39 is 0 Å². The zero-order valence-corrected chi connectivity index (χ0v) is 15.7. The summed E-state index contributed by atoms with van der Waals surface area (Å²) in [6.45, 7) is 0. The number of carbonyl (C=O) groups excluding carboxylic acids is 1. The Labute approximate surface area is 168 Å². The Balaban J connectivity index is 1.52. The van der Waals surface area contributed by atoms with E-state index in [1.807, 2.05) is 89.5 Å². The second kappa shape index (κ2) is 7.24. The maximum atomic E-state index is 13.1. The maximum Gasteiger partial charge on any atom is 0.256 e. The quantitative estimate of drug-likeness (QED) is 0.460. The summed E-state index contributed by atoms with van der Waals surface area (Å²) in [6.07, 6.45) is 2.57. The van der Waals surface area contributed by atoms with Gasteiger partial charge >= 0.3 is 0 Å². The lowest BCUT2D eigenvalue weighted by Crippen LogP contribution is -2.14. The molecule has 0 unspecified atom stereocenters. The number of rotatable bonds is 4. The molecule has 0 bridgehead atoms. The Kier molecular flexibility index (Phi) is 4.30. The number of imidazole rings is 1. The van der Waals surface area contributed by atoms with Gasteiger partial charge in [-0.2, -0.15) is 0 Å². The number of anilines is 1. The van der Waals surface area contributed by atoms with Crippen LogP contribution in [0.5, 0.6) is 0 Å². The third-order valence-corrected chi connectivity index (χ3v) is 5.06. The van der Waals surface area contributed by atoms with Gasteiger partial charge in [0.15, 0.2) is 0 Å². The van der Waals surface area contributed by atoms with Crippen molar-refractivity contribution in [3.63, 3.8) is 0 Å². The molecule has 0 radical (unpaired) electrons. The summed E-state index contributed by atoms with van der Waals surface area (Å²) in [6, 6.07) is 29.8. The van der Waals surface area contributed by atoms with Crippen LogP contribution in [0.1, 0.15) is 21.6 Å². The molecule has 1 amide bonds. The van der Waals surface area contributed by atoms with Gasteiger partial charge in [0.2, 0.25) is 0 Å². The lowest BCUT2D eigenvalue weighted by atomic mass is 10.1. The van der Waals surface area contributed by atoms with Crippen molar-refractivity contribution in [1.29, 1.82) is 0 Å². The number of hydrogen-bond acceptors (Lipinski definition) is 2. The number of nitrogens with one attached hydrogen (secondary N) is 1. The van der Waals surface area contributed by atoms with Gasteiger partial charge in [0.25, 0.3) is 5.91 Å². The normalized spacial score (nSPS) is 11.0. The third-order valence-electron chi connectivity index (χ3n) is 5.06. The Morgan fingerprint density at radius 3 is 2.45 bits per heavy atom. The number of aromatic nitrogens is 2. The van der Waals surface area contributed by atoms with Crippen molar-refractivity contribution in [3.8, 4) is 0 Å². The molecule has 4 heteroatoms. The van der Waals surface area contributed by atoms with Crippen LogP contribution in [0.3, 0.4) is 0 Å². The van der Waals surface area contributed by atoms with Crippen molar-refractivity contribution in [2.45, 2.75) is 6.42 Å². The van der Waals surface area contributed by atoms with Crippen LogP contribution in [0.4, 0.5) is 5.82 Å². The lowest BCUT2D eigenvalue weighted by molar-refractivity contribution is 0.102. The van der Waals surface area contributed by atoms with Gasteiger partial charge in [0.05, 0.1) is 5.69 Å². The predicted octanol–water partition coefficient (Wildman–Crippen LogP) is 5.33. The topological polar surface area (TPSA) is 46.4 Å². The molecular formula is C25H19N3O. The van der Waals surface area contributed by atoms with Crippen molar-refractivity contribution in [2.24, 2.45) is 0 Å². The van der Waals surface area contributed by atoms with Crippen LogP contribution >= 0.6 is 0 Å². The summed E-state index contributed by atoms with van der Waals surface area (Å²) in [4.78, 5) is 17.8. The lowest BCUT2D eigenvalue weighted by Gasteiger charge is -2.09. The summed E-state index contributed by atoms with van der Waals surface area (Å²) in [5.74, 6) is 0.568. The molecule has 1 N–H and O–H groups in total. The van der Waals surface area contributed by atoms with E-state index in [0.29, 0.717) is 17.8 Å². The zero-order chi connectivity index (χ0) is 19.6. The number of hydrogen-bond donors (Lipinski definition) is 1. The van der Waals surface area contributed by atoms with Crippen molar-refractivity contribution < 1.29 is 4.79 Å². The molecule has 0 aliphatic heterocycles. The van der Waals surface area contributed by atoms with Crippen LogP contribution < -0.4 is 5.32 Å². The molecule has 2 heterocycles. The summed E-state index contributed by atoms with van der Waals surface area (Å²) in [5, 5.41) is 5.26. The van der Waals surface area contributed by atoms with Crippen LogP contribution in [0.15, 0.2) is 97.2 Å². The number of benzene rings is 3. The number of fused-ring (bicyclic) bond motifs is 2.